The quantitative estimate of drug-likeness (QED) is 0.320. The molecule has 1 unspecified atom stereocenters. The van der Waals surface area contributed by atoms with Gasteiger partial charge in [0.05, 0.1) is 24.1 Å². The Balaban J connectivity index is 1.84. The standard InChI is InChI=1S/C25H34FN5O3/c1-18-7-9-20(15-28-18)29-23(33)30-22-13-19(8-10-21(22)26)14-25(11-6-12-27-16-25)31(5,17-32)34-24(2,3)4/h7-10,13,15,17,27H,6,11-12,14,16H2,1-5H3,(H-,29,30,33)/p+1/t25-,31?/m0/s1. The molecule has 0 radical (unpaired) electrons. The number of hydroxylamine groups is 3. The lowest BCUT2D eigenvalue weighted by atomic mass is 9.82. The Morgan fingerprint density at radius 3 is 2.65 bits per heavy atom. The van der Waals surface area contributed by atoms with Gasteiger partial charge in [-0.2, -0.15) is 4.84 Å². The Morgan fingerprint density at radius 1 is 1.29 bits per heavy atom. The van der Waals surface area contributed by atoms with Crippen LogP contribution in [0.5, 0.6) is 0 Å². The maximum Gasteiger partial charge on any atom is 0.334 e. The van der Waals surface area contributed by atoms with Gasteiger partial charge in [0.25, 0.3) is 0 Å². The van der Waals surface area contributed by atoms with E-state index in [2.05, 4.69) is 20.9 Å². The van der Waals surface area contributed by atoms with E-state index in [9.17, 15) is 14.0 Å². The number of halogens is 1. The normalized spacial score (nSPS) is 20.3. The molecule has 1 aliphatic rings. The number of likely N-dealkylation sites (N-methyl/N-ethyl adjacent to an activating group) is 1. The number of hydrogen-bond acceptors (Lipinski definition) is 5. The number of quaternary nitrogens is 1. The molecule has 2 aromatic rings. The number of rotatable bonds is 7. The third kappa shape index (κ3) is 6.16. The minimum absolute atomic E-state index is 0.0611. The maximum atomic E-state index is 14.6. The minimum atomic E-state index is -0.585. The van der Waals surface area contributed by atoms with Gasteiger partial charge >= 0.3 is 12.4 Å². The second-order valence-corrected chi connectivity index (χ2v) is 10.1. The van der Waals surface area contributed by atoms with Gasteiger partial charge in [-0.1, -0.05) is 6.07 Å². The van der Waals surface area contributed by atoms with Crippen molar-refractivity contribution < 1.29 is 23.5 Å². The average Bonchev–Trinajstić information content (AvgIpc) is 2.77. The number of nitrogens with one attached hydrogen (secondary N) is 3. The number of aryl methyl sites for hydroxylation is 1. The van der Waals surface area contributed by atoms with Crippen molar-refractivity contribution in [3.05, 3.63) is 53.6 Å². The molecule has 8 nitrogen and oxygen atoms in total. The number of pyridine rings is 1. The number of carbonyl (C=O) groups excluding carboxylic acids is 2. The number of nitrogens with zero attached hydrogens (tertiary/aromatic N) is 2. The Morgan fingerprint density at radius 2 is 2.06 bits per heavy atom. The molecule has 0 spiro atoms. The molecule has 3 amide bonds. The lowest BCUT2D eigenvalue weighted by molar-refractivity contribution is -1.07. The van der Waals surface area contributed by atoms with E-state index < -0.39 is 23.0 Å². The van der Waals surface area contributed by atoms with Gasteiger partial charge in [0, 0.05) is 18.5 Å². The molecule has 184 valence electrons. The second-order valence-electron chi connectivity index (χ2n) is 10.1. The first-order valence-electron chi connectivity index (χ1n) is 11.5. The van der Waals surface area contributed by atoms with Crippen LogP contribution in [0.25, 0.3) is 0 Å². The predicted molar refractivity (Wildman–Crippen MR) is 130 cm³/mol. The second kappa shape index (κ2) is 10.2. The molecule has 0 aliphatic carbocycles. The van der Waals surface area contributed by atoms with Gasteiger partial charge in [0.2, 0.25) is 0 Å². The Hall–Kier alpha value is -2.88. The van der Waals surface area contributed by atoms with Gasteiger partial charge in [0.1, 0.15) is 18.5 Å². The van der Waals surface area contributed by atoms with E-state index in [4.69, 9.17) is 4.84 Å². The number of hydrogen-bond donors (Lipinski definition) is 3. The van der Waals surface area contributed by atoms with E-state index >= 15 is 0 Å². The molecule has 3 N–H and O–H groups in total. The van der Waals surface area contributed by atoms with Gasteiger partial charge in [-0.05, 0) is 70.5 Å². The van der Waals surface area contributed by atoms with E-state index in [0.717, 1.165) is 37.1 Å². The molecule has 1 saturated heterocycles. The highest BCUT2D eigenvalue weighted by Crippen LogP contribution is 2.36. The van der Waals surface area contributed by atoms with E-state index in [1.165, 1.54) is 12.3 Å². The summed E-state index contributed by atoms with van der Waals surface area (Å²) in [4.78, 5) is 35.2. The van der Waals surface area contributed by atoms with Crippen molar-refractivity contribution >= 4 is 23.8 Å². The van der Waals surface area contributed by atoms with Gasteiger partial charge in [-0.15, -0.1) is 4.65 Å². The summed E-state index contributed by atoms with van der Waals surface area (Å²) in [6.07, 6.45) is 4.48. The van der Waals surface area contributed by atoms with E-state index in [1.54, 1.807) is 31.3 Å². The lowest BCUT2D eigenvalue weighted by Gasteiger charge is -2.48. The molecule has 3 rings (SSSR count). The summed E-state index contributed by atoms with van der Waals surface area (Å²) in [5, 5.41) is 8.63. The Labute approximate surface area is 200 Å². The van der Waals surface area contributed by atoms with Crippen molar-refractivity contribution in [2.45, 2.75) is 58.1 Å². The summed E-state index contributed by atoms with van der Waals surface area (Å²) in [5.74, 6) is -0.546. The molecule has 2 atom stereocenters. The highest BCUT2D eigenvalue weighted by molar-refractivity contribution is 5.99. The number of piperidine rings is 1. The van der Waals surface area contributed by atoms with Crippen molar-refractivity contribution in [1.82, 2.24) is 10.3 Å². The molecule has 34 heavy (non-hydrogen) atoms. The molecule has 0 bridgehead atoms. The van der Waals surface area contributed by atoms with Crippen LogP contribution >= 0.6 is 0 Å². The molecular formula is C25H35FN5O3+. The van der Waals surface area contributed by atoms with Crippen LogP contribution < -0.4 is 16.0 Å². The van der Waals surface area contributed by atoms with Crippen molar-refractivity contribution in [3.63, 3.8) is 0 Å². The summed E-state index contributed by atoms with van der Waals surface area (Å²) in [6.45, 7) is 9.02. The maximum absolute atomic E-state index is 14.6. The lowest BCUT2D eigenvalue weighted by Crippen LogP contribution is -2.69. The highest BCUT2D eigenvalue weighted by Gasteiger charge is 2.53. The number of anilines is 2. The smallest absolute Gasteiger partial charge is 0.311 e. The van der Waals surface area contributed by atoms with E-state index in [-0.39, 0.29) is 10.3 Å². The monoisotopic (exact) mass is 472 g/mol. The summed E-state index contributed by atoms with van der Waals surface area (Å²) in [7, 11) is 1.77. The van der Waals surface area contributed by atoms with Crippen molar-refractivity contribution in [2.24, 2.45) is 0 Å². The summed E-state index contributed by atoms with van der Waals surface area (Å²) >= 11 is 0. The van der Waals surface area contributed by atoms with Crippen molar-refractivity contribution in [2.75, 3.05) is 30.8 Å². The molecule has 1 fully saturated rings. The zero-order chi connectivity index (χ0) is 25.0. The van der Waals surface area contributed by atoms with Crippen LogP contribution in [0.1, 0.15) is 44.9 Å². The molecule has 1 aromatic heterocycles. The molecule has 9 heteroatoms. The molecule has 0 saturated carbocycles. The molecule has 2 heterocycles. The SMILES string of the molecule is Cc1ccc(NC(=O)Nc2cc(C[C@@]3([N+](C)(C=O)OC(C)(C)C)CCCNC3)ccc2F)cn1. The third-order valence-electron chi connectivity index (χ3n) is 6.04. The summed E-state index contributed by atoms with van der Waals surface area (Å²) < 4.78 is 14.3. The summed E-state index contributed by atoms with van der Waals surface area (Å²) in [6, 6.07) is 7.56. The third-order valence-corrected chi connectivity index (χ3v) is 6.04. The van der Waals surface area contributed by atoms with Crippen LogP contribution in [0.15, 0.2) is 36.5 Å². The number of urea groups is 1. The fourth-order valence-electron chi connectivity index (χ4n) is 4.42. The van der Waals surface area contributed by atoms with Crippen LogP contribution in [0, 0.1) is 12.7 Å². The van der Waals surface area contributed by atoms with Gasteiger partial charge in [0.15, 0.2) is 5.54 Å². The Kier molecular flexibility index (Phi) is 7.70. The van der Waals surface area contributed by atoms with Crippen LogP contribution in [-0.2, 0) is 16.1 Å². The van der Waals surface area contributed by atoms with Crippen LogP contribution in [0.3, 0.4) is 0 Å². The fourth-order valence-corrected chi connectivity index (χ4v) is 4.42. The van der Waals surface area contributed by atoms with Crippen molar-refractivity contribution in [3.8, 4) is 0 Å². The average molecular weight is 473 g/mol. The van der Waals surface area contributed by atoms with Crippen molar-refractivity contribution in [1.29, 1.82) is 0 Å². The first-order valence-corrected chi connectivity index (χ1v) is 11.5. The van der Waals surface area contributed by atoms with E-state index in [0.29, 0.717) is 18.7 Å². The number of amides is 3. The zero-order valence-electron chi connectivity index (χ0n) is 20.6. The van der Waals surface area contributed by atoms with Crippen LogP contribution in [-0.4, -0.2) is 53.3 Å². The number of carbonyl (C=O) groups is 2. The topological polar surface area (TPSA) is 92.4 Å². The largest absolute Gasteiger partial charge is 0.334 e. The highest BCUT2D eigenvalue weighted by atomic mass is 19.1. The summed E-state index contributed by atoms with van der Waals surface area (Å²) in [5.41, 5.74) is 1.06. The van der Waals surface area contributed by atoms with E-state index in [1.807, 2.05) is 27.7 Å². The number of benzene rings is 1. The minimum Gasteiger partial charge on any atom is -0.311 e. The Bertz CT molecular complexity index is 1020. The molecule has 1 aliphatic heterocycles. The van der Waals surface area contributed by atoms with Crippen LogP contribution in [0.4, 0.5) is 20.6 Å². The van der Waals surface area contributed by atoms with Gasteiger partial charge in [-0.25, -0.2) is 14.0 Å². The zero-order valence-corrected chi connectivity index (χ0v) is 20.6. The van der Waals surface area contributed by atoms with Gasteiger partial charge in [-0.3, -0.25) is 4.98 Å². The van der Waals surface area contributed by atoms with Gasteiger partial charge < -0.3 is 16.0 Å². The first-order chi connectivity index (χ1) is 16.0. The fraction of sp³-hybridized carbons (Fsp3) is 0.480. The molecule has 1 aromatic carbocycles. The predicted octanol–water partition coefficient (Wildman–Crippen LogP) is 4.17. The molecular weight excluding hydrogens is 437 g/mol. The number of aromatic nitrogens is 1. The first kappa shape index (κ1) is 25.7. The van der Waals surface area contributed by atoms with Crippen LogP contribution in [0.2, 0.25) is 0 Å².